The summed E-state index contributed by atoms with van der Waals surface area (Å²) in [6.45, 7) is 9.43. The Balaban J connectivity index is 1.31. The maximum Gasteiger partial charge on any atom is 0.228 e. The van der Waals surface area contributed by atoms with E-state index in [2.05, 4.69) is 32.0 Å². The molecule has 1 amide bonds. The molecule has 0 radical (unpaired) electrons. The van der Waals surface area contributed by atoms with E-state index in [4.69, 9.17) is 4.74 Å². The Hall–Kier alpha value is -2.03. The second kappa shape index (κ2) is 8.84. The lowest BCUT2D eigenvalue weighted by Crippen LogP contribution is -2.60. The first-order chi connectivity index (χ1) is 15.2. The second-order valence-electron chi connectivity index (χ2n) is 9.32. The molecule has 1 saturated carbocycles. The Morgan fingerprint density at radius 3 is 2.97 bits per heavy atom. The first-order valence-corrected chi connectivity index (χ1v) is 11.8. The van der Waals surface area contributed by atoms with Gasteiger partial charge in [0, 0.05) is 38.1 Å². The van der Waals surface area contributed by atoms with Gasteiger partial charge in [0.15, 0.2) is 5.65 Å². The lowest BCUT2D eigenvalue weighted by atomic mass is 9.61. The highest BCUT2D eigenvalue weighted by molar-refractivity contribution is 5.83. The summed E-state index contributed by atoms with van der Waals surface area (Å²) in [7, 11) is 0. The Bertz CT molecular complexity index is 910. The highest BCUT2D eigenvalue weighted by Crippen LogP contribution is 2.47. The van der Waals surface area contributed by atoms with Crippen molar-refractivity contribution in [3.8, 4) is 0 Å². The molecule has 0 aromatic carbocycles. The summed E-state index contributed by atoms with van der Waals surface area (Å²) in [5, 5.41) is 3.30. The Kier molecular flexibility index (Phi) is 5.95. The molecule has 0 bridgehead atoms. The van der Waals surface area contributed by atoms with Crippen molar-refractivity contribution >= 4 is 11.6 Å². The number of morpholine rings is 1. The van der Waals surface area contributed by atoms with Gasteiger partial charge in [-0.1, -0.05) is 6.92 Å². The number of carbonyl (C=O) groups excluding carboxylic acids is 1. The number of hydrogen-bond acceptors (Lipinski definition) is 6. The van der Waals surface area contributed by atoms with Gasteiger partial charge in [0.05, 0.1) is 43.3 Å². The van der Waals surface area contributed by atoms with Gasteiger partial charge in [-0.25, -0.2) is 4.98 Å². The van der Waals surface area contributed by atoms with Crippen LogP contribution in [-0.2, 0) is 16.1 Å². The van der Waals surface area contributed by atoms with E-state index in [0.29, 0.717) is 18.5 Å². The number of ether oxygens (including phenoxy) is 1. The van der Waals surface area contributed by atoms with Gasteiger partial charge in [-0.3, -0.25) is 19.1 Å². The van der Waals surface area contributed by atoms with Crippen LogP contribution in [0.3, 0.4) is 0 Å². The minimum Gasteiger partial charge on any atom is -0.379 e. The molecule has 2 aromatic rings. The van der Waals surface area contributed by atoms with Crippen LogP contribution in [0.1, 0.15) is 38.3 Å². The van der Waals surface area contributed by atoms with Crippen molar-refractivity contribution in [3.63, 3.8) is 0 Å². The molecule has 5 rings (SSSR count). The van der Waals surface area contributed by atoms with Crippen LogP contribution in [0.5, 0.6) is 0 Å². The largest absolute Gasteiger partial charge is 0.379 e. The van der Waals surface area contributed by atoms with Crippen LogP contribution in [0.15, 0.2) is 24.8 Å². The number of imidazole rings is 1. The molecule has 1 aliphatic carbocycles. The van der Waals surface area contributed by atoms with Crippen molar-refractivity contribution in [1.82, 2.24) is 29.5 Å². The van der Waals surface area contributed by atoms with E-state index in [1.54, 1.807) is 12.4 Å². The van der Waals surface area contributed by atoms with Gasteiger partial charge in [-0.15, -0.1) is 0 Å². The first-order valence-electron chi connectivity index (χ1n) is 11.8. The Labute approximate surface area is 184 Å². The maximum absolute atomic E-state index is 13.7. The summed E-state index contributed by atoms with van der Waals surface area (Å²) < 4.78 is 7.56. The van der Waals surface area contributed by atoms with Gasteiger partial charge in [0.25, 0.3) is 0 Å². The lowest BCUT2D eigenvalue weighted by Gasteiger charge is -2.53. The van der Waals surface area contributed by atoms with Crippen LogP contribution < -0.4 is 5.32 Å². The number of piperidine rings is 1. The van der Waals surface area contributed by atoms with Crippen LogP contribution in [0.25, 0.3) is 5.65 Å². The zero-order valence-corrected chi connectivity index (χ0v) is 18.5. The average molecular weight is 427 g/mol. The third-order valence-corrected chi connectivity index (χ3v) is 7.85. The fourth-order valence-corrected chi connectivity index (χ4v) is 6.01. The number of nitrogens with one attached hydrogen (secondary N) is 1. The summed E-state index contributed by atoms with van der Waals surface area (Å²) in [4.78, 5) is 27.3. The number of fused-ring (bicyclic) bond motifs is 2. The average Bonchev–Trinajstić information content (AvgIpc) is 3.25. The smallest absolute Gasteiger partial charge is 0.228 e. The molecule has 8 heteroatoms. The van der Waals surface area contributed by atoms with E-state index < -0.39 is 0 Å². The fourth-order valence-electron chi connectivity index (χ4n) is 6.01. The quantitative estimate of drug-likeness (QED) is 0.782. The van der Waals surface area contributed by atoms with Crippen LogP contribution in [0, 0.1) is 11.3 Å². The summed E-state index contributed by atoms with van der Waals surface area (Å²) in [5.41, 5.74) is 1.52. The monoisotopic (exact) mass is 426 g/mol. The summed E-state index contributed by atoms with van der Waals surface area (Å²) in [5.74, 6) is 0.670. The van der Waals surface area contributed by atoms with Gasteiger partial charge < -0.3 is 15.0 Å². The van der Waals surface area contributed by atoms with Crippen LogP contribution in [-0.4, -0.2) is 82.1 Å². The number of amides is 1. The fraction of sp³-hybridized carbons (Fsp3) is 0.696. The van der Waals surface area contributed by atoms with E-state index in [9.17, 15) is 4.79 Å². The number of likely N-dealkylation sites (tertiary alicyclic amines) is 1. The molecule has 2 saturated heterocycles. The van der Waals surface area contributed by atoms with Gasteiger partial charge >= 0.3 is 0 Å². The van der Waals surface area contributed by atoms with E-state index in [1.165, 1.54) is 0 Å². The number of nitrogens with zero attached hydrogens (tertiary/aromatic N) is 5. The predicted molar refractivity (Wildman–Crippen MR) is 118 cm³/mol. The lowest BCUT2D eigenvalue weighted by molar-refractivity contribution is -0.145. The van der Waals surface area contributed by atoms with Crippen molar-refractivity contribution in [2.75, 3.05) is 45.9 Å². The molecule has 1 N–H and O–H groups in total. The Morgan fingerprint density at radius 2 is 2.13 bits per heavy atom. The predicted octanol–water partition coefficient (Wildman–Crippen LogP) is 1.56. The minimum atomic E-state index is -0.279. The van der Waals surface area contributed by atoms with Gasteiger partial charge in [0.2, 0.25) is 5.91 Å². The van der Waals surface area contributed by atoms with E-state index >= 15 is 0 Å². The van der Waals surface area contributed by atoms with Gasteiger partial charge in [0.1, 0.15) is 0 Å². The molecule has 31 heavy (non-hydrogen) atoms. The maximum atomic E-state index is 13.7. The molecule has 2 aromatic heterocycles. The normalized spacial score (nSPS) is 30.2. The van der Waals surface area contributed by atoms with E-state index in [1.807, 2.05) is 16.8 Å². The Morgan fingerprint density at radius 1 is 1.26 bits per heavy atom. The molecule has 4 heterocycles. The highest BCUT2D eigenvalue weighted by atomic mass is 16.5. The molecule has 3 aliphatic rings. The first kappa shape index (κ1) is 20.8. The van der Waals surface area contributed by atoms with E-state index in [0.717, 1.165) is 83.0 Å². The molecule has 2 aliphatic heterocycles. The molecule has 3 atom stereocenters. The summed E-state index contributed by atoms with van der Waals surface area (Å²) in [6, 6.07) is 0.592. The second-order valence-corrected chi connectivity index (χ2v) is 9.32. The van der Waals surface area contributed by atoms with Crippen molar-refractivity contribution in [2.45, 2.75) is 45.2 Å². The van der Waals surface area contributed by atoms with E-state index in [-0.39, 0.29) is 11.3 Å². The molecule has 8 nitrogen and oxygen atoms in total. The standard InChI is InChI=1S/C23H34N6O2/c1-2-27-7-4-18-13-19(28-9-11-31-12-10-28)3-5-23(18,17-27)22(30)26-15-20-14-25-21-16-24-6-8-29(20)21/h6,8,14,16,18-19H,2-5,7,9-13,15,17H2,1H3,(H,26,30)/t18-,19+,23-/m1/s1. The number of carbonyl (C=O) groups is 1. The van der Waals surface area contributed by atoms with Crippen molar-refractivity contribution < 1.29 is 9.53 Å². The third-order valence-electron chi connectivity index (χ3n) is 7.85. The molecular weight excluding hydrogens is 392 g/mol. The molecule has 0 unspecified atom stereocenters. The van der Waals surface area contributed by atoms with Crippen LogP contribution in [0.2, 0.25) is 0 Å². The molecule has 0 spiro atoms. The highest BCUT2D eigenvalue weighted by Gasteiger charge is 2.52. The number of hydrogen-bond donors (Lipinski definition) is 1. The minimum absolute atomic E-state index is 0.222. The molecule has 168 valence electrons. The number of rotatable bonds is 5. The molecular formula is C23H34N6O2. The van der Waals surface area contributed by atoms with Crippen molar-refractivity contribution in [2.24, 2.45) is 11.3 Å². The van der Waals surface area contributed by atoms with Crippen molar-refractivity contribution in [3.05, 3.63) is 30.5 Å². The molecule has 3 fully saturated rings. The third kappa shape index (κ3) is 3.97. The van der Waals surface area contributed by atoms with Crippen LogP contribution >= 0.6 is 0 Å². The van der Waals surface area contributed by atoms with Crippen LogP contribution in [0.4, 0.5) is 0 Å². The van der Waals surface area contributed by atoms with Crippen molar-refractivity contribution in [1.29, 1.82) is 0 Å². The van der Waals surface area contributed by atoms with Gasteiger partial charge in [-0.05, 0) is 44.7 Å². The topological polar surface area (TPSA) is 75.0 Å². The SMILES string of the molecule is CCN1CC[C@@H]2C[C@@H](N3CCOCC3)CC[C@@]2(C(=O)NCc2cnc3cnccn23)C1. The summed E-state index contributed by atoms with van der Waals surface area (Å²) >= 11 is 0. The number of aromatic nitrogens is 3. The van der Waals surface area contributed by atoms with Gasteiger partial charge in [-0.2, -0.15) is 0 Å². The zero-order chi connectivity index (χ0) is 21.3. The summed E-state index contributed by atoms with van der Waals surface area (Å²) in [6.07, 6.45) is 11.5. The zero-order valence-electron chi connectivity index (χ0n) is 18.5.